The number of thiophene rings is 1. The summed E-state index contributed by atoms with van der Waals surface area (Å²) >= 11 is 1.86. The molecule has 1 aliphatic heterocycles. The van der Waals surface area contributed by atoms with Crippen molar-refractivity contribution in [3.63, 3.8) is 0 Å². The van der Waals surface area contributed by atoms with E-state index in [0.29, 0.717) is 12.6 Å². The number of hydrogen-bond donors (Lipinski definition) is 2. The van der Waals surface area contributed by atoms with Crippen LogP contribution in [0.15, 0.2) is 29.8 Å². The van der Waals surface area contributed by atoms with Crippen LogP contribution in [0, 0.1) is 6.92 Å². The van der Waals surface area contributed by atoms with Crippen LogP contribution >= 0.6 is 35.3 Å². The first-order chi connectivity index (χ1) is 11.2. The van der Waals surface area contributed by atoms with Gasteiger partial charge in [0.05, 0.1) is 25.8 Å². The van der Waals surface area contributed by atoms with Crippen molar-refractivity contribution in [2.45, 2.75) is 19.9 Å². The maximum atomic E-state index is 5.50. The summed E-state index contributed by atoms with van der Waals surface area (Å²) in [5.41, 5.74) is 0. The van der Waals surface area contributed by atoms with Crippen LogP contribution in [0.4, 0.5) is 0 Å². The maximum absolute atomic E-state index is 5.50. The van der Waals surface area contributed by atoms with E-state index in [1.54, 1.807) is 0 Å². The zero-order chi connectivity index (χ0) is 16.5. The highest BCUT2D eigenvalue weighted by Gasteiger charge is 2.23. The number of nitrogens with one attached hydrogen (secondary N) is 2. The van der Waals surface area contributed by atoms with Gasteiger partial charge in [-0.05, 0) is 26.0 Å². The van der Waals surface area contributed by atoms with Crippen molar-refractivity contribution in [2.24, 2.45) is 4.99 Å². The average molecular weight is 464 g/mol. The van der Waals surface area contributed by atoms with Gasteiger partial charge in [0.25, 0.3) is 0 Å². The molecule has 2 N–H and O–H groups in total. The third kappa shape index (κ3) is 6.70. The summed E-state index contributed by atoms with van der Waals surface area (Å²) in [6.45, 7) is 13.8. The lowest BCUT2D eigenvalue weighted by Crippen LogP contribution is -2.41. The summed E-state index contributed by atoms with van der Waals surface area (Å²) in [6.07, 6.45) is 1.84. The fraction of sp³-hybridized carbons (Fsp3) is 0.588. The van der Waals surface area contributed by atoms with Gasteiger partial charge in [-0.1, -0.05) is 6.08 Å². The molecule has 1 atom stereocenters. The Morgan fingerprint density at radius 3 is 2.75 bits per heavy atom. The minimum Gasteiger partial charge on any atom is -0.379 e. The second-order valence-corrected chi connectivity index (χ2v) is 6.82. The Kier molecular flexibility index (Phi) is 10.6. The monoisotopic (exact) mass is 464 g/mol. The van der Waals surface area contributed by atoms with Gasteiger partial charge < -0.3 is 15.4 Å². The third-order valence-electron chi connectivity index (χ3n) is 3.76. The van der Waals surface area contributed by atoms with E-state index in [1.165, 1.54) is 9.75 Å². The van der Waals surface area contributed by atoms with Crippen molar-refractivity contribution in [3.8, 4) is 0 Å². The second kappa shape index (κ2) is 11.8. The van der Waals surface area contributed by atoms with Gasteiger partial charge in [-0.3, -0.25) is 9.89 Å². The number of morpholine rings is 1. The maximum Gasteiger partial charge on any atom is 0.191 e. The SMILES string of the molecule is C=CCNC(=NCC(c1ccc(C)s1)N1CCOCC1)NCC.I. The van der Waals surface area contributed by atoms with Crippen LogP contribution < -0.4 is 10.6 Å². The Hall–Kier alpha value is -0.640. The predicted molar refractivity (Wildman–Crippen MR) is 114 cm³/mol. The molecule has 0 amide bonds. The summed E-state index contributed by atoms with van der Waals surface area (Å²) < 4.78 is 5.50. The topological polar surface area (TPSA) is 48.9 Å². The van der Waals surface area contributed by atoms with Crippen LogP contribution in [0.1, 0.15) is 22.7 Å². The first kappa shape index (κ1) is 21.4. The van der Waals surface area contributed by atoms with Crippen LogP contribution in [0.25, 0.3) is 0 Å². The number of rotatable bonds is 7. The zero-order valence-electron chi connectivity index (χ0n) is 14.6. The Balaban J connectivity index is 0.00000288. The van der Waals surface area contributed by atoms with Crippen molar-refractivity contribution in [1.82, 2.24) is 15.5 Å². The largest absolute Gasteiger partial charge is 0.379 e. The molecule has 0 bridgehead atoms. The van der Waals surface area contributed by atoms with E-state index in [-0.39, 0.29) is 24.0 Å². The van der Waals surface area contributed by atoms with E-state index in [1.807, 2.05) is 17.4 Å². The first-order valence-corrected chi connectivity index (χ1v) is 9.07. The van der Waals surface area contributed by atoms with Gasteiger partial charge in [0.2, 0.25) is 0 Å². The second-order valence-electron chi connectivity index (χ2n) is 5.50. The van der Waals surface area contributed by atoms with Crippen LogP contribution in [-0.4, -0.2) is 56.8 Å². The molecule has 1 aromatic heterocycles. The van der Waals surface area contributed by atoms with E-state index < -0.39 is 0 Å². The van der Waals surface area contributed by atoms with Crippen molar-refractivity contribution in [1.29, 1.82) is 0 Å². The highest BCUT2D eigenvalue weighted by Crippen LogP contribution is 2.28. The van der Waals surface area contributed by atoms with Gasteiger partial charge in [0.1, 0.15) is 0 Å². The van der Waals surface area contributed by atoms with Crippen LogP contribution in [0.2, 0.25) is 0 Å². The quantitative estimate of drug-likeness (QED) is 0.282. The smallest absolute Gasteiger partial charge is 0.191 e. The molecule has 1 aliphatic rings. The minimum atomic E-state index is 0. The number of guanidine groups is 1. The molecule has 1 saturated heterocycles. The Morgan fingerprint density at radius 1 is 1.42 bits per heavy atom. The Morgan fingerprint density at radius 2 is 2.17 bits per heavy atom. The number of nitrogens with zero attached hydrogens (tertiary/aromatic N) is 2. The van der Waals surface area contributed by atoms with Gasteiger partial charge >= 0.3 is 0 Å². The van der Waals surface area contributed by atoms with Crippen LogP contribution in [-0.2, 0) is 4.74 Å². The van der Waals surface area contributed by atoms with Gasteiger partial charge in [-0.2, -0.15) is 0 Å². The average Bonchev–Trinajstić information content (AvgIpc) is 3.00. The molecular formula is C17H29IN4OS. The molecule has 24 heavy (non-hydrogen) atoms. The van der Waals surface area contributed by atoms with Crippen molar-refractivity contribution < 1.29 is 4.74 Å². The lowest BCUT2D eigenvalue weighted by atomic mass is 10.2. The first-order valence-electron chi connectivity index (χ1n) is 8.25. The zero-order valence-corrected chi connectivity index (χ0v) is 17.7. The molecule has 0 aromatic carbocycles. The molecule has 1 fully saturated rings. The summed E-state index contributed by atoms with van der Waals surface area (Å²) in [5, 5.41) is 6.55. The summed E-state index contributed by atoms with van der Waals surface area (Å²) in [6, 6.07) is 4.75. The molecule has 1 unspecified atom stereocenters. The number of hydrogen-bond acceptors (Lipinski definition) is 4. The van der Waals surface area contributed by atoms with E-state index in [4.69, 9.17) is 9.73 Å². The fourth-order valence-corrected chi connectivity index (χ4v) is 3.60. The fourth-order valence-electron chi connectivity index (χ4n) is 2.60. The number of halogens is 1. The normalized spacial score (nSPS) is 17.0. The molecule has 0 saturated carbocycles. The van der Waals surface area contributed by atoms with Crippen molar-refractivity contribution in [3.05, 3.63) is 34.5 Å². The molecule has 1 aromatic rings. The highest BCUT2D eigenvalue weighted by molar-refractivity contribution is 14.0. The van der Waals surface area contributed by atoms with Gasteiger partial charge in [-0.15, -0.1) is 41.9 Å². The molecule has 7 heteroatoms. The molecule has 2 heterocycles. The third-order valence-corrected chi connectivity index (χ3v) is 4.86. The predicted octanol–water partition coefficient (Wildman–Crippen LogP) is 2.79. The van der Waals surface area contributed by atoms with E-state index in [2.05, 4.69) is 48.1 Å². The molecule has 0 aliphatic carbocycles. The van der Waals surface area contributed by atoms with E-state index in [9.17, 15) is 0 Å². The van der Waals surface area contributed by atoms with Gasteiger partial charge in [0, 0.05) is 35.9 Å². The Labute approximate surface area is 166 Å². The van der Waals surface area contributed by atoms with Crippen LogP contribution in [0.3, 0.4) is 0 Å². The van der Waals surface area contributed by atoms with Crippen molar-refractivity contribution >= 4 is 41.3 Å². The molecule has 136 valence electrons. The molecular weight excluding hydrogens is 435 g/mol. The summed E-state index contributed by atoms with van der Waals surface area (Å²) in [5.74, 6) is 0.846. The minimum absolute atomic E-state index is 0. The molecule has 2 rings (SSSR count). The Bertz CT molecular complexity index is 514. The lowest BCUT2D eigenvalue weighted by molar-refractivity contribution is 0.0186. The van der Waals surface area contributed by atoms with Gasteiger partial charge in [0.15, 0.2) is 5.96 Å². The molecule has 0 spiro atoms. The van der Waals surface area contributed by atoms with Gasteiger partial charge in [-0.25, -0.2) is 0 Å². The number of aliphatic imine (C=N–C) groups is 1. The van der Waals surface area contributed by atoms with E-state index >= 15 is 0 Å². The van der Waals surface area contributed by atoms with Crippen molar-refractivity contribution in [2.75, 3.05) is 45.9 Å². The summed E-state index contributed by atoms with van der Waals surface area (Å²) in [7, 11) is 0. The lowest BCUT2D eigenvalue weighted by Gasteiger charge is -2.33. The number of aryl methyl sites for hydroxylation is 1. The van der Waals surface area contributed by atoms with E-state index in [0.717, 1.165) is 45.4 Å². The number of ether oxygens (including phenoxy) is 1. The molecule has 0 radical (unpaired) electrons. The van der Waals surface area contributed by atoms with Crippen LogP contribution in [0.5, 0.6) is 0 Å². The highest BCUT2D eigenvalue weighted by atomic mass is 127. The molecule has 5 nitrogen and oxygen atoms in total. The summed E-state index contributed by atoms with van der Waals surface area (Å²) in [4.78, 5) is 9.99. The standard InChI is InChI=1S/C17H28N4OS.HI/c1-4-8-19-17(18-5-2)20-13-15(16-7-6-14(3)23-16)21-9-11-22-12-10-21;/h4,6-7,15H,1,5,8-13H2,2-3H3,(H2,18,19,20);1H.